The number of nitrogens with zero attached hydrogens (tertiary/aromatic N) is 4. The third-order valence-electron chi connectivity index (χ3n) is 5.28. The molecule has 180 valence electrons. The molecule has 11 heteroatoms. The van der Waals surface area contributed by atoms with E-state index < -0.39 is 11.2 Å². The highest BCUT2D eigenvalue weighted by Gasteiger charge is 2.25. The third kappa shape index (κ3) is 5.53. The zero-order chi connectivity index (χ0) is 24.8. The number of H-pyrrole nitrogens is 1. The van der Waals surface area contributed by atoms with Gasteiger partial charge in [0.2, 0.25) is 5.91 Å². The average molecular weight is 493 g/mol. The van der Waals surface area contributed by atoms with E-state index in [1.807, 2.05) is 42.5 Å². The highest BCUT2D eigenvalue weighted by Crippen LogP contribution is 2.25. The Morgan fingerprint density at radius 1 is 1.20 bits per heavy atom. The summed E-state index contributed by atoms with van der Waals surface area (Å²) in [7, 11) is 1.49. The summed E-state index contributed by atoms with van der Waals surface area (Å²) in [6.45, 7) is 0.423. The fourth-order valence-electron chi connectivity index (χ4n) is 3.56. The van der Waals surface area contributed by atoms with Gasteiger partial charge in [-0.1, -0.05) is 30.3 Å². The van der Waals surface area contributed by atoms with Gasteiger partial charge in [0.25, 0.3) is 5.56 Å². The molecule has 3 aromatic heterocycles. The smallest absolute Gasteiger partial charge is 0.330 e. The Balaban J connectivity index is 1.70. The van der Waals surface area contributed by atoms with Gasteiger partial charge in [-0.25, -0.2) is 9.78 Å². The number of anilines is 2. The number of aromatic amines is 1. The molecule has 0 radical (unpaired) electrons. The van der Waals surface area contributed by atoms with Gasteiger partial charge < -0.3 is 10.5 Å². The Bertz CT molecular complexity index is 1420. The molecule has 10 nitrogen and oxygen atoms in total. The van der Waals surface area contributed by atoms with Gasteiger partial charge in [0.05, 0.1) is 31.8 Å². The van der Waals surface area contributed by atoms with Crippen molar-refractivity contribution in [3.63, 3.8) is 0 Å². The van der Waals surface area contributed by atoms with Crippen LogP contribution in [0.25, 0.3) is 10.6 Å². The zero-order valence-electron chi connectivity index (χ0n) is 19.0. The van der Waals surface area contributed by atoms with Crippen molar-refractivity contribution in [3.8, 4) is 10.6 Å². The predicted octanol–water partition coefficient (Wildman–Crippen LogP) is 2.06. The molecule has 4 aromatic rings. The summed E-state index contributed by atoms with van der Waals surface area (Å²) in [6, 6.07) is 12.9. The molecule has 3 N–H and O–H groups in total. The number of carbonyl (C=O) groups excluding carboxylic acids is 1. The number of amides is 1. The summed E-state index contributed by atoms with van der Waals surface area (Å²) < 4.78 is 6.24. The van der Waals surface area contributed by atoms with Crippen molar-refractivity contribution in [2.45, 2.75) is 19.5 Å². The van der Waals surface area contributed by atoms with Crippen molar-refractivity contribution < 1.29 is 9.53 Å². The van der Waals surface area contributed by atoms with Gasteiger partial charge in [0.15, 0.2) is 5.69 Å². The Morgan fingerprint density at radius 2 is 2.00 bits per heavy atom. The van der Waals surface area contributed by atoms with E-state index in [1.165, 1.54) is 27.9 Å². The first-order valence-corrected chi connectivity index (χ1v) is 11.7. The fraction of sp³-hybridized carbons (Fsp3) is 0.208. The number of aromatic nitrogens is 4. The largest absolute Gasteiger partial charge is 0.383 e. The normalized spacial score (nSPS) is 10.9. The van der Waals surface area contributed by atoms with Crippen molar-refractivity contribution in [2.24, 2.45) is 0 Å². The van der Waals surface area contributed by atoms with Crippen LogP contribution in [-0.2, 0) is 29.0 Å². The molecule has 0 saturated carbocycles. The number of hydrogen-bond acceptors (Lipinski definition) is 8. The van der Waals surface area contributed by atoms with E-state index in [4.69, 9.17) is 10.5 Å². The second kappa shape index (κ2) is 10.9. The average Bonchev–Trinajstić information content (AvgIpc) is 3.33. The number of hydrogen-bond donors (Lipinski definition) is 2. The molecule has 0 aliphatic heterocycles. The van der Waals surface area contributed by atoms with Crippen LogP contribution in [0.1, 0.15) is 11.3 Å². The lowest BCUT2D eigenvalue weighted by molar-refractivity contribution is -0.118. The maximum atomic E-state index is 13.5. The molecule has 1 aromatic carbocycles. The van der Waals surface area contributed by atoms with E-state index in [2.05, 4.69) is 15.0 Å². The minimum absolute atomic E-state index is 0.0559. The van der Waals surface area contributed by atoms with E-state index in [9.17, 15) is 14.4 Å². The van der Waals surface area contributed by atoms with Crippen LogP contribution in [0.15, 0.2) is 69.8 Å². The molecule has 4 rings (SSSR count). The highest BCUT2D eigenvalue weighted by molar-refractivity contribution is 7.13. The van der Waals surface area contributed by atoms with Gasteiger partial charge in [0.1, 0.15) is 10.8 Å². The van der Waals surface area contributed by atoms with Crippen molar-refractivity contribution in [3.05, 3.63) is 92.3 Å². The highest BCUT2D eigenvalue weighted by atomic mass is 32.1. The Kier molecular flexibility index (Phi) is 7.48. The van der Waals surface area contributed by atoms with Gasteiger partial charge in [-0.3, -0.25) is 29.0 Å². The van der Waals surface area contributed by atoms with Crippen LogP contribution < -0.4 is 21.9 Å². The summed E-state index contributed by atoms with van der Waals surface area (Å²) in [5.41, 5.74) is 6.98. The van der Waals surface area contributed by atoms with Crippen molar-refractivity contribution in [2.75, 3.05) is 24.4 Å². The van der Waals surface area contributed by atoms with Crippen LogP contribution in [-0.4, -0.2) is 39.1 Å². The molecule has 0 spiro atoms. The van der Waals surface area contributed by atoms with Gasteiger partial charge in [0, 0.05) is 30.4 Å². The summed E-state index contributed by atoms with van der Waals surface area (Å²) in [5, 5.41) is 2.54. The number of carbonyl (C=O) groups is 1. The zero-order valence-corrected chi connectivity index (χ0v) is 19.8. The van der Waals surface area contributed by atoms with E-state index in [-0.39, 0.29) is 43.5 Å². The number of methoxy groups -OCH3 is 1. The monoisotopic (exact) mass is 492 g/mol. The number of nitrogen functional groups attached to an aromatic ring is 1. The second-order valence-electron chi connectivity index (χ2n) is 7.67. The number of pyridine rings is 1. The number of benzene rings is 1. The number of thiazole rings is 1. The maximum absolute atomic E-state index is 13.5. The second-order valence-corrected chi connectivity index (χ2v) is 8.52. The standard InChI is InChI=1S/C24H24N6O4S/c1-34-11-10-29-21(25)20(22(32)28-24(29)33)30(14-16-6-3-2-4-7-16)19(31)12-18-15-35-23(27-18)17-8-5-9-26-13-17/h2-9,13,15H,10-12,14,25H2,1H3,(H,28,32,33). The Labute approximate surface area is 204 Å². The number of nitrogens with one attached hydrogen (secondary N) is 1. The van der Waals surface area contributed by atoms with Crippen LogP contribution in [0.3, 0.4) is 0 Å². The Hall–Kier alpha value is -4.09. The Morgan fingerprint density at radius 3 is 2.71 bits per heavy atom. The van der Waals surface area contributed by atoms with E-state index in [0.29, 0.717) is 5.69 Å². The van der Waals surface area contributed by atoms with E-state index in [1.54, 1.807) is 17.8 Å². The van der Waals surface area contributed by atoms with Crippen molar-refractivity contribution >= 4 is 28.7 Å². The van der Waals surface area contributed by atoms with Gasteiger partial charge in [-0.05, 0) is 17.7 Å². The molecule has 1 amide bonds. The molecular weight excluding hydrogens is 468 g/mol. The minimum atomic E-state index is -0.736. The fourth-order valence-corrected chi connectivity index (χ4v) is 4.37. The van der Waals surface area contributed by atoms with Gasteiger partial charge in [-0.15, -0.1) is 11.3 Å². The summed E-state index contributed by atoms with van der Waals surface area (Å²) >= 11 is 1.40. The topological polar surface area (TPSA) is 136 Å². The quantitative estimate of drug-likeness (QED) is 0.365. The van der Waals surface area contributed by atoms with Crippen LogP contribution in [0, 0.1) is 0 Å². The predicted molar refractivity (Wildman–Crippen MR) is 134 cm³/mol. The maximum Gasteiger partial charge on any atom is 0.330 e. The first kappa shape index (κ1) is 24.0. The van der Waals surface area contributed by atoms with E-state index in [0.717, 1.165) is 16.1 Å². The molecule has 0 unspecified atom stereocenters. The van der Waals surface area contributed by atoms with Crippen LogP contribution in [0.5, 0.6) is 0 Å². The lowest BCUT2D eigenvalue weighted by Gasteiger charge is -2.24. The van der Waals surface area contributed by atoms with Gasteiger partial charge in [-0.2, -0.15) is 0 Å². The molecule has 0 aliphatic carbocycles. The molecule has 0 atom stereocenters. The number of rotatable bonds is 9. The summed E-state index contributed by atoms with van der Waals surface area (Å²) in [6.07, 6.45) is 3.33. The van der Waals surface area contributed by atoms with Crippen LogP contribution in [0.4, 0.5) is 11.5 Å². The van der Waals surface area contributed by atoms with Crippen molar-refractivity contribution in [1.82, 2.24) is 19.5 Å². The summed E-state index contributed by atoms with van der Waals surface area (Å²) in [4.78, 5) is 51.0. The van der Waals surface area contributed by atoms with Gasteiger partial charge >= 0.3 is 5.69 Å². The molecule has 3 heterocycles. The lowest BCUT2D eigenvalue weighted by Crippen LogP contribution is -2.41. The van der Waals surface area contributed by atoms with Crippen LogP contribution in [0.2, 0.25) is 0 Å². The molecule has 35 heavy (non-hydrogen) atoms. The molecule has 0 aliphatic rings. The van der Waals surface area contributed by atoms with Crippen LogP contribution >= 0.6 is 11.3 Å². The first-order chi connectivity index (χ1) is 17.0. The molecule has 0 saturated heterocycles. The SMILES string of the molecule is COCCn1c(N)c(N(Cc2ccccc2)C(=O)Cc2csc(-c3cccnc3)n2)c(=O)[nH]c1=O. The first-order valence-electron chi connectivity index (χ1n) is 10.8. The van der Waals surface area contributed by atoms with E-state index >= 15 is 0 Å². The molecular formula is C24H24N6O4S. The summed E-state index contributed by atoms with van der Waals surface area (Å²) in [5.74, 6) is -0.486. The third-order valence-corrected chi connectivity index (χ3v) is 6.22. The molecule has 0 bridgehead atoms. The lowest BCUT2D eigenvalue weighted by atomic mass is 10.2. The number of ether oxygens (including phenoxy) is 1. The molecule has 0 fully saturated rings. The van der Waals surface area contributed by atoms with Crippen molar-refractivity contribution in [1.29, 1.82) is 0 Å². The number of nitrogens with two attached hydrogens (primary N) is 1. The minimum Gasteiger partial charge on any atom is -0.383 e.